The second-order valence-corrected chi connectivity index (χ2v) is 5.95. The summed E-state index contributed by atoms with van der Waals surface area (Å²) in [6, 6.07) is -0.961. The van der Waals surface area contributed by atoms with Gasteiger partial charge in [0.2, 0.25) is 5.91 Å². The van der Waals surface area contributed by atoms with Crippen LogP contribution in [-0.2, 0) is 9.59 Å². The molecule has 1 atom stereocenters. The second-order valence-electron chi connectivity index (χ2n) is 5.95. The maximum absolute atomic E-state index is 11.5. The van der Waals surface area contributed by atoms with E-state index < -0.39 is 12.0 Å². The molecular formula is C12H22N2O3. The molecular weight excluding hydrogens is 220 g/mol. The molecule has 0 saturated heterocycles. The number of amides is 1. The van der Waals surface area contributed by atoms with Crippen molar-refractivity contribution in [3.63, 3.8) is 0 Å². The average molecular weight is 242 g/mol. The van der Waals surface area contributed by atoms with Crippen LogP contribution in [0.2, 0.25) is 0 Å². The van der Waals surface area contributed by atoms with Crippen LogP contribution < -0.4 is 11.1 Å². The quantitative estimate of drug-likeness (QED) is 0.657. The number of hydrogen-bond donors (Lipinski definition) is 3. The molecule has 17 heavy (non-hydrogen) atoms. The highest BCUT2D eigenvalue weighted by molar-refractivity contribution is 5.85. The number of carboxylic acid groups (broad SMARTS) is 1. The van der Waals surface area contributed by atoms with Crippen LogP contribution in [0.4, 0.5) is 0 Å². The first kappa shape index (κ1) is 14.0. The Balaban J connectivity index is 2.38. The summed E-state index contributed by atoms with van der Waals surface area (Å²) in [5.74, 6) is -1.03. The molecule has 1 saturated carbocycles. The van der Waals surface area contributed by atoms with Gasteiger partial charge in [-0.15, -0.1) is 0 Å². The Kier molecular flexibility index (Phi) is 3.52. The molecule has 1 aliphatic rings. The number of carboxylic acids is 1. The SMILES string of the molecule is CC1(C)C(CNC(=O)C(N)CC(=O)O)C1(C)C. The van der Waals surface area contributed by atoms with Crippen molar-refractivity contribution in [3.05, 3.63) is 0 Å². The lowest BCUT2D eigenvalue weighted by atomic mass is 10.0. The van der Waals surface area contributed by atoms with Crippen molar-refractivity contribution in [1.82, 2.24) is 5.32 Å². The molecule has 0 radical (unpaired) electrons. The molecule has 0 aliphatic heterocycles. The zero-order valence-corrected chi connectivity index (χ0v) is 10.9. The van der Waals surface area contributed by atoms with Gasteiger partial charge in [0.1, 0.15) is 0 Å². The average Bonchev–Trinajstić information content (AvgIpc) is 2.53. The Bertz CT molecular complexity index is 323. The van der Waals surface area contributed by atoms with Crippen molar-refractivity contribution >= 4 is 11.9 Å². The van der Waals surface area contributed by atoms with Gasteiger partial charge in [-0.05, 0) is 16.7 Å². The third-order valence-corrected chi connectivity index (χ3v) is 4.53. The number of carbonyl (C=O) groups is 2. The smallest absolute Gasteiger partial charge is 0.305 e. The first-order valence-corrected chi connectivity index (χ1v) is 5.85. The molecule has 1 rings (SSSR count). The summed E-state index contributed by atoms with van der Waals surface area (Å²) in [6.07, 6.45) is -0.330. The second kappa shape index (κ2) is 4.29. The minimum atomic E-state index is -1.06. The molecule has 1 aliphatic carbocycles. The van der Waals surface area contributed by atoms with Gasteiger partial charge in [0, 0.05) is 6.54 Å². The Morgan fingerprint density at radius 2 is 1.76 bits per heavy atom. The van der Waals surface area contributed by atoms with Crippen LogP contribution in [0.5, 0.6) is 0 Å². The van der Waals surface area contributed by atoms with Crippen molar-refractivity contribution in [2.45, 2.75) is 40.2 Å². The van der Waals surface area contributed by atoms with Gasteiger partial charge in [0.25, 0.3) is 0 Å². The lowest BCUT2D eigenvalue weighted by Crippen LogP contribution is -2.43. The molecule has 0 aromatic carbocycles. The van der Waals surface area contributed by atoms with Gasteiger partial charge in [0.15, 0.2) is 0 Å². The van der Waals surface area contributed by atoms with E-state index in [1.165, 1.54) is 0 Å². The Morgan fingerprint density at radius 1 is 1.29 bits per heavy atom. The van der Waals surface area contributed by atoms with Crippen molar-refractivity contribution in [2.75, 3.05) is 6.54 Å². The zero-order chi connectivity index (χ0) is 13.4. The highest BCUT2D eigenvalue weighted by Gasteiger charge is 2.64. The molecule has 98 valence electrons. The molecule has 4 N–H and O–H groups in total. The van der Waals surface area contributed by atoms with Gasteiger partial charge in [-0.2, -0.15) is 0 Å². The van der Waals surface area contributed by atoms with E-state index in [1.807, 2.05) is 0 Å². The Morgan fingerprint density at radius 3 is 2.12 bits per heavy atom. The van der Waals surface area contributed by atoms with Crippen LogP contribution in [0.1, 0.15) is 34.1 Å². The Hall–Kier alpha value is -1.10. The summed E-state index contributed by atoms with van der Waals surface area (Å²) >= 11 is 0. The summed E-state index contributed by atoms with van der Waals surface area (Å²) in [7, 11) is 0. The monoisotopic (exact) mass is 242 g/mol. The predicted molar refractivity (Wildman–Crippen MR) is 64.3 cm³/mol. The summed E-state index contributed by atoms with van der Waals surface area (Å²) in [6.45, 7) is 9.23. The molecule has 5 heteroatoms. The summed E-state index contributed by atoms with van der Waals surface area (Å²) in [4.78, 5) is 21.9. The fraction of sp³-hybridized carbons (Fsp3) is 0.833. The van der Waals surface area contributed by atoms with E-state index in [4.69, 9.17) is 10.8 Å². The summed E-state index contributed by atoms with van der Waals surface area (Å²) in [5, 5.41) is 11.3. The van der Waals surface area contributed by atoms with Crippen molar-refractivity contribution in [1.29, 1.82) is 0 Å². The molecule has 5 nitrogen and oxygen atoms in total. The van der Waals surface area contributed by atoms with Crippen LogP contribution in [0.3, 0.4) is 0 Å². The largest absolute Gasteiger partial charge is 0.481 e. The van der Waals surface area contributed by atoms with Gasteiger partial charge in [-0.25, -0.2) is 0 Å². The van der Waals surface area contributed by atoms with E-state index in [0.29, 0.717) is 12.5 Å². The number of rotatable bonds is 5. The Labute approximate surface area is 102 Å². The molecule has 0 heterocycles. The number of carbonyl (C=O) groups excluding carboxylic acids is 1. The van der Waals surface area contributed by atoms with E-state index in [2.05, 4.69) is 33.0 Å². The lowest BCUT2D eigenvalue weighted by molar-refractivity contribution is -0.139. The lowest BCUT2D eigenvalue weighted by Gasteiger charge is -2.10. The van der Waals surface area contributed by atoms with Crippen molar-refractivity contribution < 1.29 is 14.7 Å². The molecule has 1 unspecified atom stereocenters. The van der Waals surface area contributed by atoms with Crippen LogP contribution in [-0.4, -0.2) is 29.6 Å². The van der Waals surface area contributed by atoms with E-state index in [-0.39, 0.29) is 23.2 Å². The van der Waals surface area contributed by atoms with E-state index >= 15 is 0 Å². The normalized spacial score (nSPS) is 22.9. The standard InChI is InChI=1S/C12H22N2O3/c1-11(2)8(12(11,3)4)6-14-10(17)7(13)5-9(15)16/h7-8H,5-6,13H2,1-4H3,(H,14,17)(H,15,16). The predicted octanol–water partition coefficient (Wildman–Crippen LogP) is 0.587. The van der Waals surface area contributed by atoms with E-state index in [9.17, 15) is 9.59 Å². The van der Waals surface area contributed by atoms with Gasteiger partial charge in [-0.1, -0.05) is 27.7 Å². The maximum atomic E-state index is 11.5. The fourth-order valence-electron chi connectivity index (χ4n) is 2.46. The maximum Gasteiger partial charge on any atom is 0.305 e. The van der Waals surface area contributed by atoms with Crippen LogP contribution in [0.25, 0.3) is 0 Å². The van der Waals surface area contributed by atoms with E-state index in [1.54, 1.807) is 0 Å². The topological polar surface area (TPSA) is 92.4 Å². The van der Waals surface area contributed by atoms with Gasteiger partial charge >= 0.3 is 5.97 Å². The number of nitrogens with one attached hydrogen (secondary N) is 1. The summed E-state index contributed by atoms with van der Waals surface area (Å²) in [5.41, 5.74) is 5.88. The summed E-state index contributed by atoms with van der Waals surface area (Å²) < 4.78 is 0. The molecule has 1 fully saturated rings. The third-order valence-electron chi connectivity index (χ3n) is 4.53. The van der Waals surface area contributed by atoms with Crippen molar-refractivity contribution in [2.24, 2.45) is 22.5 Å². The molecule has 0 spiro atoms. The van der Waals surface area contributed by atoms with Gasteiger partial charge in [-0.3, -0.25) is 9.59 Å². The fourth-order valence-corrected chi connectivity index (χ4v) is 2.46. The van der Waals surface area contributed by atoms with Crippen LogP contribution in [0.15, 0.2) is 0 Å². The highest BCUT2D eigenvalue weighted by atomic mass is 16.4. The zero-order valence-electron chi connectivity index (χ0n) is 10.9. The van der Waals surface area contributed by atoms with E-state index in [0.717, 1.165) is 0 Å². The van der Waals surface area contributed by atoms with Gasteiger partial charge in [0.05, 0.1) is 12.5 Å². The number of nitrogens with two attached hydrogens (primary N) is 1. The first-order chi connectivity index (χ1) is 7.60. The third kappa shape index (κ3) is 2.60. The minimum Gasteiger partial charge on any atom is -0.481 e. The van der Waals surface area contributed by atoms with Crippen molar-refractivity contribution in [3.8, 4) is 0 Å². The van der Waals surface area contributed by atoms with Gasteiger partial charge < -0.3 is 16.2 Å². The van der Waals surface area contributed by atoms with Crippen LogP contribution in [0, 0.1) is 16.7 Å². The molecule has 0 aromatic heterocycles. The first-order valence-electron chi connectivity index (χ1n) is 5.85. The molecule has 0 aromatic rings. The molecule has 1 amide bonds. The molecule has 0 bridgehead atoms. The highest BCUT2D eigenvalue weighted by Crippen LogP contribution is 2.67. The minimum absolute atomic E-state index is 0.206. The number of hydrogen-bond acceptors (Lipinski definition) is 3. The number of aliphatic carboxylic acids is 1. The van der Waals surface area contributed by atoms with Crippen LogP contribution >= 0.6 is 0 Å².